The van der Waals surface area contributed by atoms with Gasteiger partial charge in [-0.3, -0.25) is 4.98 Å². The van der Waals surface area contributed by atoms with E-state index in [1.807, 2.05) is 31.2 Å². The average Bonchev–Trinajstić information content (AvgIpc) is 2.46. The fraction of sp³-hybridized carbons (Fsp3) is 0.118. The number of hydrogen-bond acceptors (Lipinski definition) is 2. The molecule has 106 valence electrons. The third-order valence-corrected chi connectivity index (χ3v) is 3.54. The average molecular weight is 301 g/mol. The highest BCUT2D eigenvalue weighted by Gasteiger charge is 2.03. The Morgan fingerprint density at radius 3 is 2.76 bits per heavy atom. The molecular formula is C17H14ClFN2. The molecule has 0 bridgehead atoms. The summed E-state index contributed by atoms with van der Waals surface area (Å²) in [6.07, 6.45) is 0. The largest absolute Gasteiger partial charge is 0.379 e. The van der Waals surface area contributed by atoms with Gasteiger partial charge in [0.05, 0.1) is 11.2 Å². The van der Waals surface area contributed by atoms with Crippen molar-refractivity contribution < 1.29 is 4.39 Å². The van der Waals surface area contributed by atoms with E-state index in [9.17, 15) is 4.39 Å². The Balaban J connectivity index is 1.80. The predicted molar refractivity (Wildman–Crippen MR) is 85.2 cm³/mol. The van der Waals surface area contributed by atoms with E-state index in [1.54, 1.807) is 12.1 Å². The van der Waals surface area contributed by atoms with Crippen LogP contribution in [0.4, 0.5) is 10.1 Å². The van der Waals surface area contributed by atoms with Crippen molar-refractivity contribution in [3.63, 3.8) is 0 Å². The van der Waals surface area contributed by atoms with Crippen molar-refractivity contribution in [3.8, 4) is 0 Å². The van der Waals surface area contributed by atoms with Gasteiger partial charge >= 0.3 is 0 Å². The summed E-state index contributed by atoms with van der Waals surface area (Å²) < 4.78 is 13.7. The maximum Gasteiger partial charge on any atom is 0.147 e. The molecule has 0 saturated heterocycles. The number of benzene rings is 2. The van der Waals surface area contributed by atoms with Crippen LogP contribution in [0.5, 0.6) is 0 Å². The van der Waals surface area contributed by atoms with Crippen molar-refractivity contribution >= 4 is 28.2 Å². The minimum Gasteiger partial charge on any atom is -0.379 e. The fourth-order valence-electron chi connectivity index (χ4n) is 2.22. The highest BCUT2D eigenvalue weighted by atomic mass is 35.5. The number of fused-ring (bicyclic) bond motifs is 1. The van der Waals surface area contributed by atoms with Gasteiger partial charge in [-0.25, -0.2) is 4.39 Å². The van der Waals surface area contributed by atoms with Crippen LogP contribution in [0.1, 0.15) is 11.3 Å². The van der Waals surface area contributed by atoms with Gasteiger partial charge in [0.2, 0.25) is 0 Å². The molecule has 0 fully saturated rings. The van der Waals surface area contributed by atoms with Crippen LogP contribution >= 0.6 is 11.6 Å². The Kier molecular flexibility index (Phi) is 3.76. The number of aromatic nitrogens is 1. The smallest absolute Gasteiger partial charge is 0.147 e. The van der Waals surface area contributed by atoms with Crippen molar-refractivity contribution in [2.75, 3.05) is 5.32 Å². The van der Waals surface area contributed by atoms with Crippen LogP contribution in [0.25, 0.3) is 10.9 Å². The molecule has 0 aliphatic carbocycles. The van der Waals surface area contributed by atoms with E-state index in [4.69, 9.17) is 11.6 Å². The third-order valence-electron chi connectivity index (χ3n) is 3.31. The molecule has 1 aromatic heterocycles. The summed E-state index contributed by atoms with van der Waals surface area (Å²) in [5.74, 6) is -0.347. The van der Waals surface area contributed by atoms with E-state index in [1.165, 1.54) is 6.07 Å². The number of pyridine rings is 1. The van der Waals surface area contributed by atoms with Crippen LogP contribution in [0.3, 0.4) is 0 Å². The first-order valence-electron chi connectivity index (χ1n) is 6.67. The van der Waals surface area contributed by atoms with Crippen LogP contribution in [-0.2, 0) is 6.54 Å². The molecule has 1 heterocycles. The molecule has 0 unspecified atom stereocenters. The fourth-order valence-corrected chi connectivity index (χ4v) is 2.38. The Bertz CT molecular complexity index is 802. The Hall–Kier alpha value is -2.13. The zero-order valence-electron chi connectivity index (χ0n) is 11.5. The maximum absolute atomic E-state index is 13.7. The topological polar surface area (TPSA) is 24.9 Å². The lowest BCUT2D eigenvalue weighted by atomic mass is 10.1. The zero-order valence-corrected chi connectivity index (χ0v) is 12.3. The van der Waals surface area contributed by atoms with Crippen molar-refractivity contribution in [2.24, 2.45) is 0 Å². The molecular weight excluding hydrogens is 287 g/mol. The van der Waals surface area contributed by atoms with Gasteiger partial charge in [0.1, 0.15) is 5.82 Å². The van der Waals surface area contributed by atoms with Crippen LogP contribution in [0.15, 0.2) is 48.5 Å². The first-order chi connectivity index (χ1) is 10.1. The Morgan fingerprint density at radius 2 is 1.95 bits per heavy atom. The van der Waals surface area contributed by atoms with Crippen LogP contribution in [0, 0.1) is 12.7 Å². The molecule has 2 aromatic carbocycles. The molecule has 0 atom stereocenters. The van der Waals surface area contributed by atoms with Crippen molar-refractivity contribution in [2.45, 2.75) is 13.5 Å². The molecule has 0 spiro atoms. The number of hydrogen-bond donors (Lipinski definition) is 1. The molecule has 0 amide bonds. The normalized spacial score (nSPS) is 10.8. The van der Waals surface area contributed by atoms with Crippen LogP contribution in [0.2, 0.25) is 5.02 Å². The molecule has 0 aliphatic heterocycles. The van der Waals surface area contributed by atoms with Crippen molar-refractivity contribution in [1.29, 1.82) is 0 Å². The summed E-state index contributed by atoms with van der Waals surface area (Å²) in [4.78, 5) is 4.46. The first-order valence-corrected chi connectivity index (χ1v) is 7.05. The van der Waals surface area contributed by atoms with Gasteiger partial charge in [0.25, 0.3) is 0 Å². The van der Waals surface area contributed by atoms with Gasteiger partial charge in [0.15, 0.2) is 0 Å². The predicted octanol–water partition coefficient (Wildman–Crippen LogP) is 4.95. The van der Waals surface area contributed by atoms with E-state index in [0.717, 1.165) is 22.2 Å². The molecule has 4 heteroatoms. The number of nitrogens with zero attached hydrogens (tertiary/aromatic N) is 1. The van der Waals surface area contributed by atoms with Crippen molar-refractivity contribution in [1.82, 2.24) is 4.98 Å². The summed E-state index contributed by atoms with van der Waals surface area (Å²) >= 11 is 5.74. The highest BCUT2D eigenvalue weighted by Crippen LogP contribution is 2.20. The number of anilines is 1. The number of nitrogens with one attached hydrogen (secondary N) is 1. The molecule has 3 rings (SSSR count). The molecule has 0 saturated carbocycles. The summed E-state index contributed by atoms with van der Waals surface area (Å²) in [6.45, 7) is 2.51. The second kappa shape index (κ2) is 5.70. The second-order valence-electron chi connectivity index (χ2n) is 4.96. The van der Waals surface area contributed by atoms with Crippen LogP contribution in [-0.4, -0.2) is 4.98 Å². The minimum absolute atomic E-state index is 0.347. The van der Waals surface area contributed by atoms with Crippen LogP contribution < -0.4 is 5.32 Å². The standard InChI is InChI=1S/C17H14ClFN2/c1-11-2-4-13-8-12(3-6-16(13)21-11)10-20-17-7-5-14(18)9-15(17)19/h2-9,20H,10H2,1H3. The van der Waals surface area contributed by atoms with Gasteiger partial charge in [-0.2, -0.15) is 0 Å². The molecule has 21 heavy (non-hydrogen) atoms. The molecule has 0 aliphatic rings. The SMILES string of the molecule is Cc1ccc2cc(CNc3ccc(Cl)cc3F)ccc2n1. The molecule has 2 nitrogen and oxygen atoms in total. The number of halogens is 2. The van der Waals surface area contributed by atoms with Gasteiger partial charge in [-0.1, -0.05) is 23.7 Å². The molecule has 1 N–H and O–H groups in total. The highest BCUT2D eigenvalue weighted by molar-refractivity contribution is 6.30. The Labute approximate surface area is 127 Å². The third kappa shape index (κ3) is 3.14. The van der Waals surface area contributed by atoms with Gasteiger partial charge < -0.3 is 5.32 Å². The number of rotatable bonds is 3. The lowest BCUT2D eigenvalue weighted by Gasteiger charge is -2.09. The van der Waals surface area contributed by atoms with E-state index >= 15 is 0 Å². The number of aryl methyl sites for hydroxylation is 1. The minimum atomic E-state index is -0.347. The molecule has 3 aromatic rings. The van der Waals surface area contributed by atoms with E-state index < -0.39 is 0 Å². The summed E-state index contributed by atoms with van der Waals surface area (Å²) in [7, 11) is 0. The van der Waals surface area contributed by atoms with Gasteiger partial charge in [0, 0.05) is 22.6 Å². The summed E-state index contributed by atoms with van der Waals surface area (Å²) in [6, 6.07) is 14.7. The summed E-state index contributed by atoms with van der Waals surface area (Å²) in [5, 5.41) is 4.55. The van der Waals surface area contributed by atoms with E-state index in [0.29, 0.717) is 17.3 Å². The molecule has 0 radical (unpaired) electrons. The lowest BCUT2D eigenvalue weighted by molar-refractivity contribution is 0.630. The quantitative estimate of drug-likeness (QED) is 0.740. The maximum atomic E-state index is 13.7. The monoisotopic (exact) mass is 300 g/mol. The summed E-state index contributed by atoms with van der Waals surface area (Å²) in [5.41, 5.74) is 3.48. The van der Waals surface area contributed by atoms with E-state index in [-0.39, 0.29) is 5.82 Å². The van der Waals surface area contributed by atoms with Crippen molar-refractivity contribution in [3.05, 3.63) is 70.6 Å². The first kappa shape index (κ1) is 13.8. The van der Waals surface area contributed by atoms with Gasteiger partial charge in [-0.15, -0.1) is 0 Å². The Morgan fingerprint density at radius 1 is 1.10 bits per heavy atom. The zero-order chi connectivity index (χ0) is 14.8. The second-order valence-corrected chi connectivity index (χ2v) is 5.39. The van der Waals surface area contributed by atoms with Gasteiger partial charge in [-0.05, 0) is 48.9 Å². The van der Waals surface area contributed by atoms with E-state index in [2.05, 4.69) is 16.4 Å². The lowest BCUT2D eigenvalue weighted by Crippen LogP contribution is -2.01.